The molecule has 0 atom stereocenters. The molecule has 4 rings (SSSR count). The van der Waals surface area contributed by atoms with Crippen molar-refractivity contribution in [3.05, 3.63) is 58.5 Å². The van der Waals surface area contributed by atoms with Crippen LogP contribution >= 0.6 is 11.3 Å². The zero-order valence-electron chi connectivity index (χ0n) is 15.4. The fraction of sp³-hybridized carbons (Fsp3) is 0.200. The average Bonchev–Trinajstić information content (AvgIpc) is 3.35. The molecule has 0 radical (unpaired) electrons. The first-order valence-electron chi connectivity index (χ1n) is 8.91. The fourth-order valence-electron chi connectivity index (χ4n) is 2.68. The van der Waals surface area contributed by atoms with E-state index in [9.17, 15) is 14.0 Å². The number of amides is 2. The van der Waals surface area contributed by atoms with Crippen molar-refractivity contribution in [2.45, 2.75) is 25.9 Å². The molecule has 1 aromatic carbocycles. The summed E-state index contributed by atoms with van der Waals surface area (Å²) in [6.07, 6.45) is 5.20. The molecule has 1 fully saturated rings. The second-order valence-electron chi connectivity index (χ2n) is 6.69. The monoisotopic (exact) mass is 412 g/mol. The summed E-state index contributed by atoms with van der Waals surface area (Å²) < 4.78 is 20.1. The Bertz CT molecular complexity index is 1090. The van der Waals surface area contributed by atoms with E-state index in [1.54, 1.807) is 19.1 Å². The van der Waals surface area contributed by atoms with E-state index >= 15 is 0 Å². The standard InChI is InChI=1S/C20H17FN4O3S/c1-10-6-15(21)14(7-13(10)20-24-9-16(29-20)18(22)26)19(27)25-17-5-4-12(8-23-17)28-11-2-3-11/h4-9,11H,2-3H2,1H3,(H2,22,26)(H,23,25,27). The summed E-state index contributed by atoms with van der Waals surface area (Å²) in [6, 6.07) is 5.98. The van der Waals surface area contributed by atoms with Gasteiger partial charge in [0.1, 0.15) is 27.3 Å². The molecular formula is C20H17FN4O3S. The molecule has 2 aromatic heterocycles. The van der Waals surface area contributed by atoms with Crippen LogP contribution < -0.4 is 15.8 Å². The highest BCUT2D eigenvalue weighted by Crippen LogP contribution is 2.30. The Balaban J connectivity index is 1.56. The van der Waals surface area contributed by atoms with E-state index in [2.05, 4.69) is 15.3 Å². The van der Waals surface area contributed by atoms with Gasteiger partial charge in [-0.2, -0.15) is 0 Å². The molecular weight excluding hydrogens is 395 g/mol. The van der Waals surface area contributed by atoms with Gasteiger partial charge in [0.2, 0.25) is 0 Å². The Labute approximate surface area is 169 Å². The Kier molecular flexibility index (Phi) is 4.98. The van der Waals surface area contributed by atoms with Crippen LogP contribution in [-0.2, 0) is 0 Å². The summed E-state index contributed by atoms with van der Waals surface area (Å²) >= 11 is 1.08. The lowest BCUT2D eigenvalue weighted by Gasteiger charge is -2.10. The summed E-state index contributed by atoms with van der Waals surface area (Å²) in [4.78, 5) is 32.5. The summed E-state index contributed by atoms with van der Waals surface area (Å²) in [6.45, 7) is 1.70. The number of carbonyl (C=O) groups is 2. The number of hydrogen-bond acceptors (Lipinski definition) is 6. The molecule has 0 saturated heterocycles. The number of nitrogens with zero attached hydrogens (tertiary/aromatic N) is 2. The Morgan fingerprint density at radius 2 is 2.03 bits per heavy atom. The van der Waals surface area contributed by atoms with Crippen LogP contribution in [0.2, 0.25) is 0 Å². The fourth-order valence-corrected chi connectivity index (χ4v) is 3.53. The number of primary amides is 1. The van der Waals surface area contributed by atoms with E-state index < -0.39 is 17.6 Å². The number of carbonyl (C=O) groups excluding carboxylic acids is 2. The molecule has 1 aliphatic rings. The normalized spacial score (nSPS) is 13.2. The van der Waals surface area contributed by atoms with Crippen molar-refractivity contribution in [2.24, 2.45) is 5.73 Å². The van der Waals surface area contributed by atoms with E-state index in [1.807, 2.05) is 0 Å². The van der Waals surface area contributed by atoms with Gasteiger partial charge in [0.05, 0.1) is 24.1 Å². The molecule has 1 saturated carbocycles. The van der Waals surface area contributed by atoms with E-state index in [0.29, 0.717) is 21.9 Å². The maximum absolute atomic E-state index is 14.5. The van der Waals surface area contributed by atoms with E-state index in [4.69, 9.17) is 10.5 Å². The number of thiazole rings is 1. The highest BCUT2D eigenvalue weighted by atomic mass is 32.1. The van der Waals surface area contributed by atoms with Crippen LogP contribution in [0.1, 0.15) is 38.4 Å². The first kappa shape index (κ1) is 19.0. The van der Waals surface area contributed by atoms with Crippen molar-refractivity contribution in [2.75, 3.05) is 5.32 Å². The van der Waals surface area contributed by atoms with Crippen LogP contribution in [0, 0.1) is 12.7 Å². The minimum atomic E-state index is -0.663. The number of hydrogen-bond donors (Lipinski definition) is 2. The number of pyridine rings is 1. The highest BCUT2D eigenvalue weighted by Gasteiger charge is 2.23. The first-order valence-corrected chi connectivity index (χ1v) is 9.72. The van der Waals surface area contributed by atoms with Crippen molar-refractivity contribution >= 4 is 29.0 Å². The molecule has 148 valence electrons. The largest absolute Gasteiger partial charge is 0.489 e. The van der Waals surface area contributed by atoms with Crippen molar-refractivity contribution in [3.8, 4) is 16.3 Å². The number of ether oxygens (including phenoxy) is 1. The Morgan fingerprint density at radius 1 is 1.24 bits per heavy atom. The summed E-state index contributed by atoms with van der Waals surface area (Å²) in [5.41, 5.74) is 6.25. The number of nitrogens with one attached hydrogen (secondary N) is 1. The van der Waals surface area contributed by atoms with Crippen LogP contribution in [0.25, 0.3) is 10.6 Å². The molecule has 2 heterocycles. The van der Waals surface area contributed by atoms with Gasteiger partial charge in [-0.15, -0.1) is 11.3 Å². The van der Waals surface area contributed by atoms with Gasteiger partial charge in [-0.25, -0.2) is 14.4 Å². The number of anilines is 1. The van der Waals surface area contributed by atoms with Crippen LogP contribution in [0.3, 0.4) is 0 Å². The number of nitrogens with two attached hydrogens (primary N) is 1. The lowest BCUT2D eigenvalue weighted by molar-refractivity contribution is 0.1000. The molecule has 3 N–H and O–H groups in total. The third kappa shape index (κ3) is 4.24. The minimum absolute atomic E-state index is 0.151. The zero-order chi connectivity index (χ0) is 20.5. The molecule has 7 nitrogen and oxygen atoms in total. The third-order valence-corrected chi connectivity index (χ3v) is 5.39. The second kappa shape index (κ2) is 7.59. The van der Waals surface area contributed by atoms with Crippen LogP contribution in [0.4, 0.5) is 10.2 Å². The van der Waals surface area contributed by atoms with Gasteiger partial charge in [0.15, 0.2) is 0 Å². The molecule has 0 unspecified atom stereocenters. The predicted molar refractivity (Wildman–Crippen MR) is 107 cm³/mol. The zero-order valence-corrected chi connectivity index (χ0v) is 16.3. The van der Waals surface area contributed by atoms with Gasteiger partial charge in [-0.05, 0) is 49.6 Å². The molecule has 1 aliphatic carbocycles. The van der Waals surface area contributed by atoms with E-state index in [1.165, 1.54) is 24.5 Å². The van der Waals surface area contributed by atoms with Crippen LogP contribution in [0.15, 0.2) is 36.7 Å². The smallest absolute Gasteiger partial charge is 0.260 e. The molecule has 29 heavy (non-hydrogen) atoms. The SMILES string of the molecule is Cc1cc(F)c(C(=O)Nc2ccc(OC3CC3)cn2)cc1-c1ncc(C(N)=O)s1. The number of halogens is 1. The van der Waals surface area contributed by atoms with Gasteiger partial charge in [0.25, 0.3) is 11.8 Å². The molecule has 0 spiro atoms. The molecule has 3 aromatic rings. The van der Waals surface area contributed by atoms with Gasteiger partial charge < -0.3 is 15.8 Å². The topological polar surface area (TPSA) is 107 Å². The summed E-state index contributed by atoms with van der Waals surface area (Å²) in [5.74, 6) is -0.983. The van der Waals surface area contributed by atoms with E-state index in [-0.39, 0.29) is 22.4 Å². The lowest BCUT2D eigenvalue weighted by Crippen LogP contribution is -2.15. The summed E-state index contributed by atoms with van der Waals surface area (Å²) in [5, 5.41) is 3.06. The van der Waals surface area contributed by atoms with Crippen molar-refractivity contribution < 1.29 is 18.7 Å². The van der Waals surface area contributed by atoms with Crippen molar-refractivity contribution in [1.82, 2.24) is 9.97 Å². The second-order valence-corrected chi connectivity index (χ2v) is 7.72. The number of benzene rings is 1. The van der Waals surface area contributed by atoms with Gasteiger partial charge in [-0.3, -0.25) is 9.59 Å². The Hall–Kier alpha value is -3.33. The van der Waals surface area contributed by atoms with Crippen molar-refractivity contribution in [1.29, 1.82) is 0 Å². The molecule has 0 aliphatic heterocycles. The third-order valence-electron chi connectivity index (χ3n) is 4.34. The molecule has 9 heteroatoms. The number of rotatable bonds is 6. The average molecular weight is 412 g/mol. The minimum Gasteiger partial charge on any atom is -0.489 e. The quantitative estimate of drug-likeness (QED) is 0.644. The van der Waals surface area contributed by atoms with Crippen LogP contribution in [0.5, 0.6) is 5.75 Å². The lowest BCUT2D eigenvalue weighted by atomic mass is 10.0. The first-order chi connectivity index (χ1) is 13.9. The Morgan fingerprint density at radius 3 is 2.66 bits per heavy atom. The number of aromatic nitrogens is 2. The summed E-state index contributed by atoms with van der Waals surface area (Å²) in [7, 11) is 0. The van der Waals surface area contributed by atoms with Crippen LogP contribution in [-0.4, -0.2) is 27.9 Å². The van der Waals surface area contributed by atoms with Gasteiger partial charge >= 0.3 is 0 Å². The van der Waals surface area contributed by atoms with Gasteiger partial charge in [-0.1, -0.05) is 0 Å². The number of aryl methyl sites for hydroxylation is 1. The predicted octanol–water partition coefficient (Wildman–Crippen LogP) is 3.55. The molecule has 0 bridgehead atoms. The van der Waals surface area contributed by atoms with Gasteiger partial charge in [0, 0.05) is 5.56 Å². The maximum atomic E-state index is 14.5. The molecule has 2 amide bonds. The van der Waals surface area contributed by atoms with Crippen molar-refractivity contribution in [3.63, 3.8) is 0 Å². The van der Waals surface area contributed by atoms with E-state index in [0.717, 1.165) is 24.2 Å². The maximum Gasteiger partial charge on any atom is 0.260 e. The highest BCUT2D eigenvalue weighted by molar-refractivity contribution is 7.16.